The Morgan fingerprint density at radius 3 is 2.72 bits per heavy atom. The number of aromatic nitrogens is 1. The van der Waals surface area contributed by atoms with Gasteiger partial charge in [-0.3, -0.25) is 0 Å². The summed E-state index contributed by atoms with van der Waals surface area (Å²) in [5, 5.41) is 0. The van der Waals surface area contributed by atoms with Crippen LogP contribution in [0.15, 0.2) is 18.3 Å². The van der Waals surface area contributed by atoms with Crippen LogP contribution in [-0.2, 0) is 6.18 Å². The molecule has 0 bridgehead atoms. The second-order valence-corrected chi connectivity index (χ2v) is 4.47. The topological polar surface area (TPSA) is 25.4 Å². The summed E-state index contributed by atoms with van der Waals surface area (Å²) in [5.41, 5.74) is -0.757. The maximum absolute atomic E-state index is 12.3. The molecule has 0 aromatic carbocycles. The molecule has 1 atom stereocenters. The van der Waals surface area contributed by atoms with Gasteiger partial charge in [-0.15, -0.1) is 0 Å². The molecule has 6 heteroatoms. The maximum atomic E-state index is 12.3. The minimum Gasteiger partial charge on any atom is -0.476 e. The largest absolute Gasteiger partial charge is 0.476 e. The van der Waals surface area contributed by atoms with Crippen molar-refractivity contribution in [1.82, 2.24) is 9.88 Å². The van der Waals surface area contributed by atoms with Crippen molar-refractivity contribution in [1.29, 1.82) is 0 Å². The van der Waals surface area contributed by atoms with Crippen LogP contribution in [0.25, 0.3) is 0 Å². The van der Waals surface area contributed by atoms with E-state index in [1.807, 2.05) is 7.05 Å². The van der Waals surface area contributed by atoms with E-state index in [-0.39, 0.29) is 5.88 Å². The van der Waals surface area contributed by atoms with Crippen LogP contribution in [-0.4, -0.2) is 36.1 Å². The van der Waals surface area contributed by atoms with E-state index in [1.165, 1.54) is 6.07 Å². The number of likely N-dealkylation sites (N-methyl/N-ethyl adjacent to an activating group) is 1. The molecule has 0 spiro atoms. The Morgan fingerprint density at radius 2 is 2.22 bits per heavy atom. The molecule has 2 rings (SSSR count). The molecule has 2 heterocycles. The summed E-state index contributed by atoms with van der Waals surface area (Å²) in [6, 6.07) is 2.58. The normalized spacial score (nSPS) is 21.2. The molecule has 1 saturated heterocycles. The Hall–Kier alpha value is -1.30. The van der Waals surface area contributed by atoms with E-state index in [1.54, 1.807) is 0 Å². The standard InChI is InChI=1S/C12H15F3N2O/c1-17-6-2-3-10(17)8-18-11-5-4-9(7-16-11)12(13,14)15/h4-5,7,10H,2-3,6,8H2,1H3/t10-/m0/s1. The Labute approximate surface area is 104 Å². The minimum atomic E-state index is -4.35. The first-order valence-electron chi connectivity index (χ1n) is 5.83. The summed E-state index contributed by atoms with van der Waals surface area (Å²) in [5.74, 6) is 0.239. The molecule has 18 heavy (non-hydrogen) atoms. The molecule has 0 amide bonds. The molecule has 0 N–H and O–H groups in total. The first-order valence-corrected chi connectivity index (χ1v) is 5.83. The van der Waals surface area contributed by atoms with Crippen LogP contribution in [0.3, 0.4) is 0 Å². The van der Waals surface area contributed by atoms with E-state index in [0.717, 1.165) is 31.6 Å². The van der Waals surface area contributed by atoms with Crippen molar-refractivity contribution in [3.63, 3.8) is 0 Å². The fourth-order valence-electron chi connectivity index (χ4n) is 2.00. The van der Waals surface area contributed by atoms with Gasteiger partial charge in [0, 0.05) is 18.3 Å². The van der Waals surface area contributed by atoms with Crippen LogP contribution >= 0.6 is 0 Å². The molecule has 1 aliphatic heterocycles. The van der Waals surface area contributed by atoms with Gasteiger partial charge in [-0.25, -0.2) is 4.98 Å². The van der Waals surface area contributed by atoms with Gasteiger partial charge < -0.3 is 9.64 Å². The molecule has 1 aliphatic rings. The highest BCUT2D eigenvalue weighted by Gasteiger charge is 2.30. The third kappa shape index (κ3) is 3.13. The Balaban J connectivity index is 1.90. The van der Waals surface area contributed by atoms with Gasteiger partial charge in [-0.05, 0) is 32.5 Å². The summed E-state index contributed by atoms with van der Waals surface area (Å²) in [7, 11) is 2.02. The molecule has 0 unspecified atom stereocenters. The average molecular weight is 260 g/mol. The van der Waals surface area contributed by atoms with Gasteiger partial charge in [0.15, 0.2) is 0 Å². The average Bonchev–Trinajstić information content (AvgIpc) is 2.72. The summed E-state index contributed by atoms with van der Waals surface area (Å²) in [6.45, 7) is 1.50. The lowest BCUT2D eigenvalue weighted by atomic mass is 10.2. The zero-order chi connectivity index (χ0) is 13.2. The van der Waals surface area contributed by atoms with Gasteiger partial charge in [0.05, 0.1) is 5.56 Å². The highest BCUT2D eigenvalue weighted by atomic mass is 19.4. The summed E-state index contributed by atoms with van der Waals surface area (Å²) in [4.78, 5) is 5.86. The molecule has 1 aromatic heterocycles. The van der Waals surface area contributed by atoms with Crippen molar-refractivity contribution in [3.8, 4) is 5.88 Å². The Morgan fingerprint density at radius 1 is 1.44 bits per heavy atom. The van der Waals surface area contributed by atoms with Crippen molar-refractivity contribution in [2.24, 2.45) is 0 Å². The second kappa shape index (κ2) is 5.14. The first-order chi connectivity index (χ1) is 8.47. The van der Waals surface area contributed by atoms with E-state index in [2.05, 4.69) is 9.88 Å². The number of likely N-dealkylation sites (tertiary alicyclic amines) is 1. The van der Waals surface area contributed by atoms with Gasteiger partial charge in [-0.2, -0.15) is 13.2 Å². The Bertz CT molecular complexity index is 391. The predicted molar refractivity (Wildman–Crippen MR) is 60.4 cm³/mol. The van der Waals surface area contributed by atoms with Crippen molar-refractivity contribution in [2.45, 2.75) is 25.1 Å². The van der Waals surface area contributed by atoms with E-state index in [0.29, 0.717) is 12.6 Å². The van der Waals surface area contributed by atoms with Gasteiger partial charge >= 0.3 is 6.18 Å². The summed E-state index contributed by atoms with van der Waals surface area (Å²) < 4.78 is 42.4. The number of rotatable bonds is 3. The van der Waals surface area contributed by atoms with Crippen molar-refractivity contribution in [3.05, 3.63) is 23.9 Å². The molecule has 100 valence electrons. The zero-order valence-corrected chi connectivity index (χ0v) is 10.1. The number of nitrogens with zero attached hydrogens (tertiary/aromatic N) is 2. The lowest BCUT2D eigenvalue weighted by molar-refractivity contribution is -0.137. The fourth-order valence-corrected chi connectivity index (χ4v) is 2.00. The number of hydrogen-bond acceptors (Lipinski definition) is 3. The molecular formula is C12H15F3N2O. The third-order valence-electron chi connectivity index (χ3n) is 3.16. The van der Waals surface area contributed by atoms with E-state index in [9.17, 15) is 13.2 Å². The molecule has 1 aromatic rings. The monoisotopic (exact) mass is 260 g/mol. The molecule has 3 nitrogen and oxygen atoms in total. The van der Waals surface area contributed by atoms with E-state index >= 15 is 0 Å². The number of alkyl halides is 3. The number of hydrogen-bond donors (Lipinski definition) is 0. The first kappa shape index (κ1) is 13.1. The number of ether oxygens (including phenoxy) is 1. The summed E-state index contributed by atoms with van der Waals surface area (Å²) >= 11 is 0. The lowest BCUT2D eigenvalue weighted by Crippen LogP contribution is -2.30. The van der Waals surface area contributed by atoms with Crippen LogP contribution in [0.2, 0.25) is 0 Å². The van der Waals surface area contributed by atoms with Gasteiger partial charge in [0.2, 0.25) is 5.88 Å². The van der Waals surface area contributed by atoms with Crippen molar-refractivity contribution in [2.75, 3.05) is 20.2 Å². The van der Waals surface area contributed by atoms with Crippen molar-refractivity contribution >= 4 is 0 Å². The highest BCUT2D eigenvalue weighted by molar-refractivity contribution is 5.20. The van der Waals surface area contributed by atoms with Crippen LogP contribution in [0, 0.1) is 0 Å². The van der Waals surface area contributed by atoms with Crippen molar-refractivity contribution < 1.29 is 17.9 Å². The van der Waals surface area contributed by atoms with Gasteiger partial charge in [-0.1, -0.05) is 0 Å². The Kier molecular flexibility index (Phi) is 3.75. The van der Waals surface area contributed by atoms with Gasteiger partial charge in [0.25, 0.3) is 0 Å². The summed E-state index contributed by atoms with van der Waals surface area (Å²) in [6.07, 6.45) is -1.37. The molecule has 0 aliphatic carbocycles. The van der Waals surface area contributed by atoms with Crippen LogP contribution < -0.4 is 4.74 Å². The zero-order valence-electron chi connectivity index (χ0n) is 10.1. The van der Waals surface area contributed by atoms with E-state index < -0.39 is 11.7 Å². The smallest absolute Gasteiger partial charge is 0.417 e. The minimum absolute atomic E-state index is 0.239. The van der Waals surface area contributed by atoms with Crippen LogP contribution in [0.4, 0.5) is 13.2 Å². The predicted octanol–water partition coefficient (Wildman–Crippen LogP) is 2.57. The van der Waals surface area contributed by atoms with Gasteiger partial charge in [0.1, 0.15) is 6.61 Å². The van der Waals surface area contributed by atoms with Crippen LogP contribution in [0.1, 0.15) is 18.4 Å². The lowest BCUT2D eigenvalue weighted by Gasteiger charge is -2.19. The van der Waals surface area contributed by atoms with Crippen LogP contribution in [0.5, 0.6) is 5.88 Å². The SMILES string of the molecule is CN1CCC[C@H]1COc1ccc(C(F)(F)F)cn1. The number of halogens is 3. The maximum Gasteiger partial charge on any atom is 0.417 e. The third-order valence-corrected chi connectivity index (χ3v) is 3.16. The quantitative estimate of drug-likeness (QED) is 0.835. The molecule has 1 fully saturated rings. The number of pyridine rings is 1. The molecule has 0 radical (unpaired) electrons. The second-order valence-electron chi connectivity index (χ2n) is 4.47. The van der Waals surface area contributed by atoms with E-state index in [4.69, 9.17) is 4.74 Å². The fraction of sp³-hybridized carbons (Fsp3) is 0.583. The molecular weight excluding hydrogens is 245 g/mol. The molecule has 0 saturated carbocycles. The highest BCUT2D eigenvalue weighted by Crippen LogP contribution is 2.29.